The lowest BCUT2D eigenvalue weighted by Gasteiger charge is -2.19. The smallest absolute Gasteiger partial charge is 0.256 e. The number of carbonyl (C=O) groups excluding carboxylic acids is 1. The molecule has 0 radical (unpaired) electrons. The molecule has 1 aromatic carbocycles. The van der Waals surface area contributed by atoms with Crippen LogP contribution in [-0.2, 0) is 26.7 Å². The van der Waals surface area contributed by atoms with Crippen LogP contribution in [0.1, 0.15) is 30.7 Å². The highest BCUT2D eigenvalue weighted by atomic mass is 35.5. The van der Waals surface area contributed by atoms with Gasteiger partial charge in [-0.3, -0.25) is 9.52 Å². The zero-order chi connectivity index (χ0) is 22.6. The second kappa shape index (κ2) is 7.45. The molecular weight excluding hydrogens is 445 g/mol. The third-order valence-corrected chi connectivity index (χ3v) is 5.93. The van der Waals surface area contributed by atoms with Crippen LogP contribution >= 0.6 is 11.6 Å². The maximum Gasteiger partial charge on any atom is 0.256 e. The SMILES string of the molecule is CC1(C)CN(C(=O)CCl)c2cc(Cc3ccc(F)cc3)c3nc(NS(C)(=O)=O)nn3c21. The Morgan fingerprint density at radius 3 is 2.58 bits per heavy atom. The summed E-state index contributed by atoms with van der Waals surface area (Å²) in [5.74, 6) is -0.811. The Kier molecular flexibility index (Phi) is 5.17. The summed E-state index contributed by atoms with van der Waals surface area (Å²) in [6.07, 6.45) is 1.41. The number of nitrogens with one attached hydrogen (secondary N) is 1. The van der Waals surface area contributed by atoms with Crippen LogP contribution in [0.25, 0.3) is 5.65 Å². The molecule has 0 saturated carbocycles. The van der Waals surface area contributed by atoms with Crippen molar-refractivity contribution in [3.63, 3.8) is 0 Å². The predicted octanol–water partition coefficient (Wildman–Crippen LogP) is 2.69. The molecule has 1 amide bonds. The standard InChI is InChI=1S/C20H21ClFN5O3S/c1-20(2)11-26(16(28)10-21)15-9-13(8-12-4-6-14(22)7-5-12)18-23-19(25-31(3,29)30)24-27(18)17(15)20/h4-7,9H,8,10-11H2,1-3H3,(H,24,25). The zero-order valence-corrected chi connectivity index (χ0v) is 18.8. The molecule has 3 heterocycles. The number of sulfonamides is 1. The number of nitrogens with zero attached hydrogens (tertiary/aromatic N) is 4. The number of pyridine rings is 1. The van der Waals surface area contributed by atoms with Gasteiger partial charge in [-0.15, -0.1) is 16.7 Å². The van der Waals surface area contributed by atoms with Crippen molar-refractivity contribution in [3.8, 4) is 0 Å². The van der Waals surface area contributed by atoms with E-state index in [4.69, 9.17) is 11.6 Å². The Morgan fingerprint density at radius 1 is 1.29 bits per heavy atom. The van der Waals surface area contributed by atoms with E-state index >= 15 is 0 Å². The fraction of sp³-hybridized carbons (Fsp3) is 0.350. The average Bonchev–Trinajstić information content (AvgIpc) is 3.19. The van der Waals surface area contributed by atoms with E-state index in [9.17, 15) is 17.6 Å². The first-order valence-corrected chi connectivity index (χ1v) is 11.9. The number of alkyl halides is 1. The van der Waals surface area contributed by atoms with Crippen molar-refractivity contribution < 1.29 is 17.6 Å². The molecule has 1 N–H and O–H groups in total. The van der Waals surface area contributed by atoms with Gasteiger partial charge >= 0.3 is 0 Å². The van der Waals surface area contributed by atoms with Gasteiger partial charge in [0.2, 0.25) is 15.9 Å². The number of amides is 1. The van der Waals surface area contributed by atoms with Gasteiger partial charge in [0.25, 0.3) is 5.95 Å². The molecule has 0 atom stereocenters. The highest BCUT2D eigenvalue weighted by molar-refractivity contribution is 7.91. The molecular formula is C20H21ClFN5O3S. The third-order valence-electron chi connectivity index (χ3n) is 5.14. The first-order chi connectivity index (χ1) is 14.5. The number of aromatic nitrogens is 3. The summed E-state index contributed by atoms with van der Waals surface area (Å²) >= 11 is 5.83. The summed E-state index contributed by atoms with van der Waals surface area (Å²) in [6.45, 7) is 4.34. The minimum atomic E-state index is -3.58. The molecule has 0 saturated heterocycles. The van der Waals surface area contributed by atoms with Gasteiger partial charge in [-0.2, -0.15) is 4.98 Å². The van der Waals surface area contributed by atoms with Gasteiger partial charge in [0, 0.05) is 23.9 Å². The molecule has 8 nitrogen and oxygen atoms in total. The van der Waals surface area contributed by atoms with Crippen molar-refractivity contribution in [3.05, 3.63) is 53.0 Å². The lowest BCUT2D eigenvalue weighted by molar-refractivity contribution is -0.116. The van der Waals surface area contributed by atoms with Crippen LogP contribution in [0, 0.1) is 5.82 Å². The highest BCUT2D eigenvalue weighted by Gasteiger charge is 2.41. The van der Waals surface area contributed by atoms with E-state index in [1.54, 1.807) is 21.5 Å². The van der Waals surface area contributed by atoms with Crippen LogP contribution in [0.15, 0.2) is 30.3 Å². The van der Waals surface area contributed by atoms with Crippen LogP contribution in [0.5, 0.6) is 0 Å². The molecule has 3 aromatic rings. The molecule has 0 bridgehead atoms. The van der Waals surface area contributed by atoms with E-state index in [1.165, 1.54) is 12.1 Å². The zero-order valence-electron chi connectivity index (χ0n) is 17.2. The number of hydrogen-bond donors (Lipinski definition) is 1. The van der Waals surface area contributed by atoms with E-state index in [0.717, 1.165) is 17.5 Å². The lowest BCUT2D eigenvalue weighted by atomic mass is 9.90. The van der Waals surface area contributed by atoms with Gasteiger partial charge < -0.3 is 4.90 Å². The summed E-state index contributed by atoms with van der Waals surface area (Å²) in [7, 11) is -3.58. The second-order valence-electron chi connectivity index (χ2n) is 8.25. The molecule has 4 rings (SSSR count). The predicted molar refractivity (Wildman–Crippen MR) is 117 cm³/mol. The van der Waals surface area contributed by atoms with Gasteiger partial charge in [-0.05, 0) is 23.8 Å². The van der Waals surface area contributed by atoms with Gasteiger partial charge in [0.1, 0.15) is 11.7 Å². The van der Waals surface area contributed by atoms with Crippen LogP contribution in [0.4, 0.5) is 16.0 Å². The molecule has 1 aliphatic rings. The summed E-state index contributed by atoms with van der Waals surface area (Å²) in [4.78, 5) is 18.5. The average molecular weight is 466 g/mol. The summed E-state index contributed by atoms with van der Waals surface area (Å²) < 4.78 is 40.7. The molecule has 2 aromatic heterocycles. The molecule has 31 heavy (non-hydrogen) atoms. The Labute approximate surface area is 184 Å². The molecule has 0 unspecified atom stereocenters. The van der Waals surface area contributed by atoms with Crippen molar-refractivity contribution in [1.82, 2.24) is 14.6 Å². The van der Waals surface area contributed by atoms with E-state index in [2.05, 4.69) is 14.8 Å². The molecule has 0 fully saturated rings. The van der Waals surface area contributed by atoms with Crippen LogP contribution < -0.4 is 9.62 Å². The highest BCUT2D eigenvalue weighted by Crippen LogP contribution is 2.42. The monoisotopic (exact) mass is 465 g/mol. The topological polar surface area (TPSA) is 96.7 Å². The molecule has 164 valence electrons. The largest absolute Gasteiger partial charge is 0.309 e. The van der Waals surface area contributed by atoms with E-state index in [-0.39, 0.29) is 23.6 Å². The Balaban J connectivity index is 1.94. The van der Waals surface area contributed by atoms with Crippen molar-refractivity contribution in [2.24, 2.45) is 0 Å². The summed E-state index contributed by atoms with van der Waals surface area (Å²) in [6, 6.07) is 7.92. The first-order valence-electron chi connectivity index (χ1n) is 9.50. The normalized spacial score (nSPS) is 15.3. The number of rotatable bonds is 5. The van der Waals surface area contributed by atoms with Crippen molar-refractivity contribution >= 4 is 44.8 Å². The van der Waals surface area contributed by atoms with Gasteiger partial charge in [0.05, 0.1) is 17.6 Å². The van der Waals surface area contributed by atoms with E-state index < -0.39 is 15.4 Å². The maximum absolute atomic E-state index is 13.3. The number of carbonyl (C=O) groups is 1. The van der Waals surface area contributed by atoms with Crippen molar-refractivity contribution in [2.75, 3.05) is 28.3 Å². The molecule has 0 aliphatic carbocycles. The number of fused-ring (bicyclic) bond motifs is 3. The van der Waals surface area contributed by atoms with Crippen LogP contribution in [0.2, 0.25) is 0 Å². The molecule has 11 heteroatoms. The van der Waals surface area contributed by atoms with E-state index in [1.807, 2.05) is 19.9 Å². The maximum atomic E-state index is 13.3. The Hall–Kier alpha value is -2.72. The van der Waals surface area contributed by atoms with Crippen molar-refractivity contribution in [1.29, 1.82) is 0 Å². The number of benzene rings is 1. The Morgan fingerprint density at radius 2 is 1.97 bits per heavy atom. The quantitative estimate of drug-likeness (QED) is 0.584. The minimum absolute atomic E-state index is 0.0609. The third kappa shape index (κ3) is 4.09. The number of hydrogen-bond acceptors (Lipinski definition) is 5. The van der Waals surface area contributed by atoms with Crippen molar-refractivity contribution in [2.45, 2.75) is 25.7 Å². The number of anilines is 2. The first kappa shape index (κ1) is 21.5. The van der Waals surface area contributed by atoms with Gasteiger partial charge in [0.15, 0.2) is 5.65 Å². The van der Waals surface area contributed by atoms with Crippen LogP contribution in [-0.4, -0.2) is 47.6 Å². The minimum Gasteiger partial charge on any atom is -0.309 e. The molecule has 0 spiro atoms. The Bertz CT molecular complexity index is 1290. The second-order valence-corrected chi connectivity index (χ2v) is 10.3. The van der Waals surface area contributed by atoms with E-state index in [0.29, 0.717) is 29.9 Å². The van der Waals surface area contributed by atoms with Gasteiger partial charge in [-0.25, -0.2) is 17.3 Å². The summed E-state index contributed by atoms with van der Waals surface area (Å²) in [5, 5.41) is 4.39. The van der Waals surface area contributed by atoms with Crippen LogP contribution in [0.3, 0.4) is 0 Å². The number of halogens is 2. The fourth-order valence-corrected chi connectivity index (χ4v) is 4.50. The van der Waals surface area contributed by atoms with Gasteiger partial charge in [-0.1, -0.05) is 26.0 Å². The fourth-order valence-electron chi connectivity index (χ4n) is 3.93. The molecule has 1 aliphatic heterocycles. The summed E-state index contributed by atoms with van der Waals surface area (Å²) in [5.41, 5.74) is 2.91. The lowest BCUT2D eigenvalue weighted by Crippen LogP contribution is -2.34.